The maximum absolute atomic E-state index is 9.28. The Balaban J connectivity index is 1.95. The Morgan fingerprint density at radius 3 is 1.84 bits per heavy atom. The smallest absolute Gasteiger partial charge is 0.123 e. The number of phenols is 2. The minimum atomic E-state index is 0.249. The summed E-state index contributed by atoms with van der Waals surface area (Å²) in [5, 5.41) is 19.5. The van der Waals surface area contributed by atoms with Crippen molar-refractivity contribution >= 4 is 11.3 Å². The zero-order valence-corrected chi connectivity index (χ0v) is 10.8. The second kappa shape index (κ2) is 4.74. The molecule has 3 rings (SSSR count). The number of hydrogen-bond donors (Lipinski definition) is 2. The van der Waals surface area contributed by atoms with E-state index >= 15 is 0 Å². The van der Waals surface area contributed by atoms with Crippen molar-refractivity contribution in [3.05, 3.63) is 54.7 Å². The molecule has 0 atom stereocenters. The standard InChI is InChI=1S/C15H11NO2S/c17-12-5-1-10(2-6-12)14-9-16-15(19-14)11-3-7-13(18)8-4-11/h1-9,17-18H. The van der Waals surface area contributed by atoms with Crippen LogP contribution in [0, 0.1) is 0 Å². The Hall–Kier alpha value is -2.33. The lowest BCUT2D eigenvalue weighted by molar-refractivity contribution is 0.475. The predicted molar refractivity (Wildman–Crippen MR) is 76.3 cm³/mol. The normalized spacial score (nSPS) is 10.5. The van der Waals surface area contributed by atoms with Gasteiger partial charge in [0.1, 0.15) is 16.5 Å². The van der Waals surface area contributed by atoms with E-state index in [1.165, 1.54) is 0 Å². The summed E-state index contributed by atoms with van der Waals surface area (Å²) >= 11 is 1.58. The lowest BCUT2D eigenvalue weighted by atomic mass is 10.2. The molecule has 0 aliphatic heterocycles. The average Bonchev–Trinajstić information content (AvgIpc) is 2.90. The number of benzene rings is 2. The molecule has 0 saturated heterocycles. The average molecular weight is 269 g/mol. The summed E-state index contributed by atoms with van der Waals surface area (Å²) in [4.78, 5) is 5.43. The molecule has 0 saturated carbocycles. The SMILES string of the molecule is Oc1ccc(-c2cnc(-c3ccc(O)cc3)s2)cc1. The van der Waals surface area contributed by atoms with Crippen LogP contribution >= 0.6 is 11.3 Å². The van der Waals surface area contributed by atoms with Gasteiger partial charge in [-0.2, -0.15) is 0 Å². The van der Waals surface area contributed by atoms with E-state index in [-0.39, 0.29) is 11.5 Å². The van der Waals surface area contributed by atoms with Gasteiger partial charge in [-0.1, -0.05) is 0 Å². The van der Waals surface area contributed by atoms with Gasteiger partial charge in [0.15, 0.2) is 0 Å². The molecule has 4 heteroatoms. The molecule has 0 bridgehead atoms. The quantitative estimate of drug-likeness (QED) is 0.742. The highest BCUT2D eigenvalue weighted by molar-refractivity contribution is 7.18. The van der Waals surface area contributed by atoms with Gasteiger partial charge in [-0.05, 0) is 54.1 Å². The summed E-state index contributed by atoms with van der Waals surface area (Å²) in [6.07, 6.45) is 1.82. The van der Waals surface area contributed by atoms with Gasteiger partial charge < -0.3 is 10.2 Å². The highest BCUT2D eigenvalue weighted by Gasteiger charge is 2.06. The first-order chi connectivity index (χ1) is 9.22. The van der Waals surface area contributed by atoms with Crippen molar-refractivity contribution < 1.29 is 10.2 Å². The molecule has 2 aromatic carbocycles. The van der Waals surface area contributed by atoms with Crippen molar-refractivity contribution in [2.24, 2.45) is 0 Å². The number of aromatic hydroxyl groups is 2. The molecule has 0 amide bonds. The third-order valence-corrected chi connectivity index (χ3v) is 3.87. The van der Waals surface area contributed by atoms with Gasteiger partial charge in [0.25, 0.3) is 0 Å². The molecule has 0 aliphatic rings. The number of rotatable bonds is 2. The van der Waals surface area contributed by atoms with Gasteiger partial charge in [-0.15, -0.1) is 11.3 Å². The molecule has 94 valence electrons. The minimum absolute atomic E-state index is 0.249. The van der Waals surface area contributed by atoms with Crippen molar-refractivity contribution in [2.75, 3.05) is 0 Å². The molecule has 3 nitrogen and oxygen atoms in total. The van der Waals surface area contributed by atoms with Crippen LogP contribution < -0.4 is 0 Å². The maximum Gasteiger partial charge on any atom is 0.123 e. The largest absolute Gasteiger partial charge is 0.508 e. The third-order valence-electron chi connectivity index (χ3n) is 2.77. The van der Waals surface area contributed by atoms with E-state index in [0.29, 0.717) is 0 Å². The summed E-state index contributed by atoms with van der Waals surface area (Å²) in [7, 11) is 0. The van der Waals surface area contributed by atoms with Crippen LogP contribution in [0.5, 0.6) is 11.5 Å². The summed E-state index contributed by atoms with van der Waals surface area (Å²) in [6.45, 7) is 0. The monoisotopic (exact) mass is 269 g/mol. The van der Waals surface area contributed by atoms with E-state index in [4.69, 9.17) is 0 Å². The Morgan fingerprint density at radius 2 is 1.26 bits per heavy atom. The fraction of sp³-hybridized carbons (Fsp3) is 0. The maximum atomic E-state index is 9.28. The van der Waals surface area contributed by atoms with Crippen LogP contribution in [-0.4, -0.2) is 15.2 Å². The number of aromatic nitrogens is 1. The topological polar surface area (TPSA) is 53.4 Å². The zero-order valence-electron chi connectivity index (χ0n) is 9.95. The molecule has 0 radical (unpaired) electrons. The van der Waals surface area contributed by atoms with Crippen molar-refractivity contribution in [1.29, 1.82) is 0 Å². The third kappa shape index (κ3) is 2.44. The fourth-order valence-electron chi connectivity index (χ4n) is 1.77. The zero-order chi connectivity index (χ0) is 13.2. The lowest BCUT2D eigenvalue weighted by Gasteiger charge is -1.97. The van der Waals surface area contributed by atoms with Gasteiger partial charge in [-0.25, -0.2) is 4.98 Å². The number of thiazole rings is 1. The van der Waals surface area contributed by atoms with Gasteiger partial charge in [0, 0.05) is 11.8 Å². The fourth-order valence-corrected chi connectivity index (χ4v) is 2.70. The van der Waals surface area contributed by atoms with Crippen LogP contribution in [0.15, 0.2) is 54.7 Å². The van der Waals surface area contributed by atoms with Crippen LogP contribution in [-0.2, 0) is 0 Å². The highest BCUT2D eigenvalue weighted by atomic mass is 32.1. The van der Waals surface area contributed by atoms with E-state index in [1.54, 1.807) is 35.6 Å². The summed E-state index contributed by atoms with van der Waals surface area (Å²) in [5.74, 6) is 0.506. The van der Waals surface area contributed by atoms with E-state index in [0.717, 1.165) is 21.0 Å². The Morgan fingerprint density at radius 1 is 0.737 bits per heavy atom. The first kappa shape index (κ1) is 11.7. The van der Waals surface area contributed by atoms with Crippen molar-refractivity contribution in [3.8, 4) is 32.5 Å². The van der Waals surface area contributed by atoms with Gasteiger partial charge in [0.2, 0.25) is 0 Å². The Bertz CT molecular complexity index is 627. The van der Waals surface area contributed by atoms with Crippen LogP contribution in [0.2, 0.25) is 0 Å². The first-order valence-corrected chi connectivity index (χ1v) is 6.59. The second-order valence-corrected chi connectivity index (χ2v) is 5.15. The molecular formula is C15H11NO2S. The molecular weight excluding hydrogens is 258 g/mol. The lowest BCUT2D eigenvalue weighted by Crippen LogP contribution is -1.73. The molecule has 2 N–H and O–H groups in total. The van der Waals surface area contributed by atoms with Crippen molar-refractivity contribution in [2.45, 2.75) is 0 Å². The van der Waals surface area contributed by atoms with E-state index in [2.05, 4.69) is 4.98 Å². The predicted octanol–water partition coefficient (Wildman–Crippen LogP) is 3.89. The molecule has 19 heavy (non-hydrogen) atoms. The number of nitrogens with zero attached hydrogens (tertiary/aromatic N) is 1. The Kier molecular flexibility index (Phi) is 2.93. The summed E-state index contributed by atoms with van der Waals surface area (Å²) in [5.41, 5.74) is 2.01. The van der Waals surface area contributed by atoms with Gasteiger partial charge in [-0.3, -0.25) is 0 Å². The number of hydrogen-bond acceptors (Lipinski definition) is 4. The second-order valence-electron chi connectivity index (χ2n) is 4.12. The summed E-state index contributed by atoms with van der Waals surface area (Å²) < 4.78 is 0. The molecule has 0 aliphatic carbocycles. The Labute approximate surface area is 114 Å². The number of phenolic OH excluding ortho intramolecular Hbond substituents is 2. The molecule has 0 fully saturated rings. The molecule has 0 spiro atoms. The van der Waals surface area contributed by atoms with Crippen LogP contribution in [0.3, 0.4) is 0 Å². The summed E-state index contributed by atoms with van der Waals surface area (Å²) in [6, 6.07) is 14.0. The highest BCUT2D eigenvalue weighted by Crippen LogP contribution is 2.33. The van der Waals surface area contributed by atoms with Crippen LogP contribution in [0.1, 0.15) is 0 Å². The van der Waals surface area contributed by atoms with Gasteiger partial charge in [0.05, 0.1) is 4.88 Å². The van der Waals surface area contributed by atoms with Crippen LogP contribution in [0.25, 0.3) is 21.0 Å². The van der Waals surface area contributed by atoms with Gasteiger partial charge >= 0.3 is 0 Å². The van der Waals surface area contributed by atoms with Crippen molar-refractivity contribution in [1.82, 2.24) is 4.98 Å². The van der Waals surface area contributed by atoms with Crippen LogP contribution in [0.4, 0.5) is 0 Å². The molecule has 1 aromatic heterocycles. The molecule has 1 heterocycles. The molecule has 3 aromatic rings. The first-order valence-electron chi connectivity index (χ1n) is 5.77. The van der Waals surface area contributed by atoms with Crippen molar-refractivity contribution in [3.63, 3.8) is 0 Å². The van der Waals surface area contributed by atoms with E-state index in [9.17, 15) is 10.2 Å². The van der Waals surface area contributed by atoms with E-state index < -0.39 is 0 Å². The van der Waals surface area contributed by atoms with E-state index in [1.807, 2.05) is 30.5 Å². The minimum Gasteiger partial charge on any atom is -0.508 e. The molecule has 0 unspecified atom stereocenters.